The third-order valence-corrected chi connectivity index (χ3v) is 9.93. The van der Waals surface area contributed by atoms with Crippen LogP contribution >= 0.6 is 0 Å². The number of aromatic nitrogens is 2. The number of hydrogen-bond acceptors (Lipinski definition) is 9. The van der Waals surface area contributed by atoms with Crippen LogP contribution in [-0.2, 0) is 23.9 Å². The van der Waals surface area contributed by atoms with E-state index in [4.69, 9.17) is 14.3 Å². The lowest BCUT2D eigenvalue weighted by atomic mass is 9.68. The van der Waals surface area contributed by atoms with E-state index in [1.54, 1.807) is 0 Å². The number of nitrogens with zero attached hydrogens (tertiary/aromatic N) is 4. The molecule has 2 aromatic rings. The average Bonchev–Trinajstić information content (AvgIpc) is 2.97. The molecule has 2 saturated carbocycles. The first-order valence-electron chi connectivity index (χ1n) is 15.6. The Kier molecular flexibility index (Phi) is 8.60. The first-order chi connectivity index (χ1) is 20.4. The number of para-hydroxylation sites is 2. The molecule has 3 heterocycles. The van der Waals surface area contributed by atoms with E-state index in [2.05, 4.69) is 15.0 Å². The van der Waals surface area contributed by atoms with Crippen LogP contribution in [0.1, 0.15) is 89.3 Å². The van der Waals surface area contributed by atoms with Gasteiger partial charge in [-0.15, -0.1) is 0 Å². The van der Waals surface area contributed by atoms with Crippen molar-refractivity contribution in [1.82, 2.24) is 14.5 Å². The highest BCUT2D eigenvalue weighted by atomic mass is 16.6. The predicted molar refractivity (Wildman–Crippen MR) is 157 cm³/mol. The number of hydrogen-bond donors (Lipinski definition) is 0. The number of methoxy groups -OCH3 is 1. The van der Waals surface area contributed by atoms with Crippen LogP contribution in [-0.4, -0.2) is 70.6 Å². The van der Waals surface area contributed by atoms with E-state index in [1.165, 1.54) is 59.0 Å². The number of carbonyl (C=O) groups excluding carboxylic acids is 2. The fraction of sp³-hybridized carbons (Fsp3) is 0.656. The zero-order chi connectivity index (χ0) is 29.2. The van der Waals surface area contributed by atoms with Crippen molar-refractivity contribution >= 4 is 28.7 Å². The molecule has 4 aliphatic rings. The number of oxime groups is 1. The Labute approximate surface area is 246 Å². The van der Waals surface area contributed by atoms with Crippen molar-refractivity contribution < 1.29 is 23.9 Å². The molecular weight excluding hydrogens is 536 g/mol. The maximum atomic E-state index is 14.2. The van der Waals surface area contributed by atoms with Crippen LogP contribution in [0, 0.1) is 11.8 Å². The SMILES string of the molecule is COC(=O)C(=NOCCOC(C)=O)c1nc2ccccc2n(C2C[C@H]3CCC[C@@H](C2)N3C2CC3CCCC(C3)C2)c1=O. The van der Waals surface area contributed by atoms with Crippen LogP contribution in [0.4, 0.5) is 0 Å². The molecule has 2 aliphatic heterocycles. The molecule has 2 saturated heterocycles. The zero-order valence-electron chi connectivity index (χ0n) is 24.7. The summed E-state index contributed by atoms with van der Waals surface area (Å²) >= 11 is 0. The van der Waals surface area contributed by atoms with E-state index in [1.807, 2.05) is 28.8 Å². The lowest BCUT2D eigenvalue weighted by molar-refractivity contribution is -0.142. The second kappa shape index (κ2) is 12.5. The normalized spacial score (nSPS) is 29.6. The molecule has 10 nitrogen and oxygen atoms in total. The standard InChI is InChI=1S/C32H42N4O6/c1-20(37)41-13-14-42-34-30(32(39)40-2)29-31(38)36(28-12-4-3-11-27(28)33-29)26-18-23-9-6-10-24(19-26)35(23)25-16-21-7-5-8-22(15-21)17-25/h3-4,11-12,21-26H,5-10,13-19H2,1-2H3/t21?,22?,23-,24+,25?,26?. The fourth-order valence-electron chi connectivity index (χ4n) is 8.41. The van der Waals surface area contributed by atoms with Crippen molar-refractivity contribution in [3.8, 4) is 0 Å². The highest BCUT2D eigenvalue weighted by molar-refractivity contribution is 6.42. The van der Waals surface area contributed by atoms with Gasteiger partial charge in [-0.05, 0) is 68.9 Å². The number of piperidine rings is 2. The Hall–Kier alpha value is -3.27. The molecular formula is C32H42N4O6. The van der Waals surface area contributed by atoms with Crippen molar-refractivity contribution in [2.45, 2.75) is 102 Å². The van der Waals surface area contributed by atoms with Crippen LogP contribution in [0.3, 0.4) is 0 Å². The minimum Gasteiger partial charge on any atom is -0.464 e. The largest absolute Gasteiger partial charge is 0.464 e. The number of rotatable bonds is 8. The van der Waals surface area contributed by atoms with E-state index in [0.29, 0.717) is 23.6 Å². The molecule has 4 bridgehead atoms. The number of esters is 2. The van der Waals surface area contributed by atoms with Gasteiger partial charge in [-0.2, -0.15) is 0 Å². The minimum absolute atomic E-state index is 0.0115. The molecule has 42 heavy (non-hydrogen) atoms. The van der Waals surface area contributed by atoms with E-state index in [9.17, 15) is 14.4 Å². The van der Waals surface area contributed by atoms with Crippen LogP contribution in [0.2, 0.25) is 0 Å². The predicted octanol–water partition coefficient (Wildman–Crippen LogP) is 4.38. The van der Waals surface area contributed by atoms with Crippen LogP contribution in [0.25, 0.3) is 11.0 Å². The molecule has 0 spiro atoms. The number of carbonyl (C=O) groups is 2. The summed E-state index contributed by atoms with van der Waals surface area (Å²) in [5.41, 5.74) is 0.605. The first kappa shape index (κ1) is 28.8. The van der Waals surface area contributed by atoms with Crippen molar-refractivity contribution in [2.24, 2.45) is 17.0 Å². The third-order valence-electron chi connectivity index (χ3n) is 9.93. The molecule has 4 fully saturated rings. The topological polar surface area (TPSA) is 112 Å². The maximum Gasteiger partial charge on any atom is 0.362 e. The molecule has 1 aromatic heterocycles. The molecule has 6 rings (SSSR count). The highest BCUT2D eigenvalue weighted by Crippen LogP contribution is 2.47. The van der Waals surface area contributed by atoms with Crippen LogP contribution in [0.15, 0.2) is 34.2 Å². The Morgan fingerprint density at radius 1 is 0.905 bits per heavy atom. The van der Waals surface area contributed by atoms with Gasteiger partial charge in [0.1, 0.15) is 6.61 Å². The smallest absolute Gasteiger partial charge is 0.362 e. The van der Waals surface area contributed by atoms with Gasteiger partial charge in [0.25, 0.3) is 5.56 Å². The molecule has 10 heteroatoms. The molecule has 0 radical (unpaired) electrons. The summed E-state index contributed by atoms with van der Waals surface area (Å²) < 4.78 is 11.7. The number of benzene rings is 1. The summed E-state index contributed by atoms with van der Waals surface area (Å²) in [7, 11) is 1.23. The van der Waals surface area contributed by atoms with Gasteiger partial charge < -0.3 is 18.9 Å². The summed E-state index contributed by atoms with van der Waals surface area (Å²) in [6.45, 7) is 1.18. The summed E-state index contributed by atoms with van der Waals surface area (Å²) in [6.07, 6.45) is 13.6. The quantitative estimate of drug-likeness (QED) is 0.196. The van der Waals surface area contributed by atoms with Gasteiger partial charge in [0, 0.05) is 31.1 Å². The lowest BCUT2D eigenvalue weighted by Gasteiger charge is -2.55. The van der Waals surface area contributed by atoms with Crippen molar-refractivity contribution in [3.05, 3.63) is 40.3 Å². The van der Waals surface area contributed by atoms with Gasteiger partial charge >= 0.3 is 11.9 Å². The summed E-state index contributed by atoms with van der Waals surface area (Å²) in [6, 6.07) is 9.12. The van der Waals surface area contributed by atoms with Gasteiger partial charge in [-0.3, -0.25) is 14.5 Å². The molecule has 5 atom stereocenters. The molecule has 2 aliphatic carbocycles. The van der Waals surface area contributed by atoms with Gasteiger partial charge in [0.05, 0.1) is 18.1 Å². The number of fused-ring (bicyclic) bond motifs is 5. The van der Waals surface area contributed by atoms with Crippen molar-refractivity contribution in [3.63, 3.8) is 0 Å². The molecule has 226 valence electrons. The Balaban J connectivity index is 1.32. The monoisotopic (exact) mass is 578 g/mol. The van der Waals surface area contributed by atoms with E-state index < -0.39 is 11.9 Å². The summed E-state index contributed by atoms with van der Waals surface area (Å²) in [5.74, 6) is 0.491. The molecule has 1 aromatic carbocycles. The highest BCUT2D eigenvalue weighted by Gasteiger charge is 2.45. The molecule has 3 unspecified atom stereocenters. The second-order valence-corrected chi connectivity index (χ2v) is 12.6. The Bertz CT molecular complexity index is 1380. The summed E-state index contributed by atoms with van der Waals surface area (Å²) in [5, 5.41) is 3.94. The van der Waals surface area contributed by atoms with Crippen LogP contribution in [0.5, 0.6) is 0 Å². The van der Waals surface area contributed by atoms with Crippen molar-refractivity contribution in [1.29, 1.82) is 0 Å². The van der Waals surface area contributed by atoms with E-state index in [-0.39, 0.29) is 36.2 Å². The minimum atomic E-state index is -0.816. The summed E-state index contributed by atoms with van der Waals surface area (Å²) in [4.78, 5) is 50.8. The van der Waals surface area contributed by atoms with E-state index in [0.717, 1.165) is 43.0 Å². The first-order valence-corrected chi connectivity index (χ1v) is 15.6. The fourth-order valence-corrected chi connectivity index (χ4v) is 8.41. The van der Waals surface area contributed by atoms with Crippen molar-refractivity contribution in [2.75, 3.05) is 20.3 Å². The van der Waals surface area contributed by atoms with E-state index >= 15 is 0 Å². The average molecular weight is 579 g/mol. The second-order valence-electron chi connectivity index (χ2n) is 12.6. The molecule has 0 amide bonds. The van der Waals surface area contributed by atoms with Gasteiger partial charge in [-0.1, -0.05) is 43.0 Å². The third kappa shape index (κ3) is 5.82. The molecule has 0 N–H and O–H groups in total. The van der Waals surface area contributed by atoms with Crippen LogP contribution < -0.4 is 5.56 Å². The number of ether oxygens (including phenoxy) is 2. The maximum absolute atomic E-state index is 14.2. The zero-order valence-corrected chi connectivity index (χ0v) is 24.7. The Morgan fingerprint density at radius 3 is 2.29 bits per heavy atom. The van der Waals surface area contributed by atoms with Gasteiger partial charge in [0.15, 0.2) is 12.3 Å². The Morgan fingerprint density at radius 2 is 1.60 bits per heavy atom. The lowest BCUT2D eigenvalue weighted by Crippen LogP contribution is -2.58. The van der Waals surface area contributed by atoms with Gasteiger partial charge in [0.2, 0.25) is 5.71 Å². The van der Waals surface area contributed by atoms with Gasteiger partial charge in [-0.25, -0.2) is 9.78 Å².